The first-order valence-corrected chi connectivity index (χ1v) is 11.9. The molecule has 0 aliphatic carbocycles. The first-order chi connectivity index (χ1) is 13.6. The smallest absolute Gasteiger partial charge is 0.258 e. The fourth-order valence-corrected chi connectivity index (χ4v) is 6.03. The number of nitro benzene ring substituents is 1. The summed E-state index contributed by atoms with van der Waals surface area (Å²) in [5, 5.41) is 10.9. The van der Waals surface area contributed by atoms with Gasteiger partial charge in [0.15, 0.2) is 0 Å². The lowest BCUT2D eigenvalue weighted by atomic mass is 10.2. The topological polar surface area (TPSA) is 118 Å². The Balaban J connectivity index is 1.68. The molecule has 9 nitrogen and oxygen atoms in total. The molecule has 0 amide bonds. The van der Waals surface area contributed by atoms with Gasteiger partial charge >= 0.3 is 0 Å². The fourth-order valence-electron chi connectivity index (χ4n) is 3.11. The molecule has 1 aliphatic heterocycles. The molecule has 0 saturated carbocycles. The summed E-state index contributed by atoms with van der Waals surface area (Å²) in [6.45, 7) is 2.01. The number of piperazine rings is 1. The summed E-state index contributed by atoms with van der Waals surface area (Å²) in [6.07, 6.45) is 0. The predicted molar refractivity (Wildman–Crippen MR) is 107 cm³/mol. The first kappa shape index (κ1) is 21.4. The zero-order chi connectivity index (χ0) is 21.2. The largest absolute Gasteiger partial charge is 0.269 e. The van der Waals surface area contributed by atoms with Crippen LogP contribution in [0, 0.1) is 17.0 Å². The van der Waals surface area contributed by atoms with Gasteiger partial charge in [-0.05, 0) is 24.6 Å². The van der Waals surface area contributed by atoms with E-state index in [2.05, 4.69) is 0 Å². The van der Waals surface area contributed by atoms with Gasteiger partial charge in [-0.15, -0.1) is 0 Å². The molecular formula is C18H21N3O6S2. The summed E-state index contributed by atoms with van der Waals surface area (Å²) in [5.74, 6) is -0.376. The van der Waals surface area contributed by atoms with Gasteiger partial charge in [0.1, 0.15) is 0 Å². The summed E-state index contributed by atoms with van der Waals surface area (Å²) < 4.78 is 53.4. The third kappa shape index (κ3) is 4.81. The molecule has 2 aromatic carbocycles. The van der Waals surface area contributed by atoms with Crippen LogP contribution in [0.15, 0.2) is 53.4 Å². The molecule has 29 heavy (non-hydrogen) atoms. The lowest BCUT2D eigenvalue weighted by Gasteiger charge is -2.33. The number of hydrogen-bond acceptors (Lipinski definition) is 6. The van der Waals surface area contributed by atoms with Gasteiger partial charge in [0.25, 0.3) is 5.69 Å². The second-order valence-electron chi connectivity index (χ2n) is 6.80. The Bertz CT molecular complexity index is 1110. The van der Waals surface area contributed by atoms with Gasteiger partial charge in [-0.25, -0.2) is 16.8 Å². The highest BCUT2D eigenvalue weighted by Gasteiger charge is 2.33. The Kier molecular flexibility index (Phi) is 6.03. The highest BCUT2D eigenvalue weighted by atomic mass is 32.2. The molecule has 0 radical (unpaired) electrons. The van der Waals surface area contributed by atoms with E-state index < -0.39 is 25.0 Å². The van der Waals surface area contributed by atoms with Crippen LogP contribution in [0.4, 0.5) is 5.69 Å². The second kappa shape index (κ2) is 8.19. The molecule has 156 valence electrons. The molecule has 0 aromatic heterocycles. The minimum Gasteiger partial charge on any atom is -0.258 e. The Hall–Kier alpha value is -2.34. The average Bonchev–Trinajstić information content (AvgIpc) is 2.68. The van der Waals surface area contributed by atoms with Crippen LogP contribution in [0.2, 0.25) is 0 Å². The SMILES string of the molecule is Cc1ccc(S(=O)(=O)N2CCN(S(=O)(=O)Cc3cccc([N+](=O)[O-])c3)CC2)cc1. The first-order valence-electron chi connectivity index (χ1n) is 8.87. The number of rotatable bonds is 6. The van der Waals surface area contributed by atoms with Crippen molar-refractivity contribution in [2.45, 2.75) is 17.6 Å². The molecule has 0 spiro atoms. The average molecular weight is 440 g/mol. The minimum absolute atomic E-state index is 0.0301. The Morgan fingerprint density at radius 1 is 0.931 bits per heavy atom. The van der Waals surface area contributed by atoms with E-state index in [0.29, 0.717) is 5.56 Å². The second-order valence-corrected chi connectivity index (χ2v) is 10.7. The summed E-state index contributed by atoms with van der Waals surface area (Å²) in [4.78, 5) is 10.5. The summed E-state index contributed by atoms with van der Waals surface area (Å²) in [6, 6.07) is 12.0. The van der Waals surface area contributed by atoms with Gasteiger partial charge in [-0.2, -0.15) is 8.61 Å². The van der Waals surface area contributed by atoms with E-state index in [1.807, 2.05) is 6.92 Å². The molecule has 3 rings (SSSR count). The molecule has 0 N–H and O–H groups in total. The molecule has 1 saturated heterocycles. The molecule has 0 bridgehead atoms. The standard InChI is InChI=1S/C18H21N3O6S2/c1-15-5-7-18(8-6-15)29(26,27)20-11-9-19(10-12-20)28(24,25)14-16-3-2-4-17(13-16)21(22)23/h2-8,13H,9-12,14H2,1H3. The number of hydrogen-bond donors (Lipinski definition) is 0. The molecule has 0 atom stereocenters. The zero-order valence-electron chi connectivity index (χ0n) is 15.8. The Labute approximate surface area is 169 Å². The maximum atomic E-state index is 12.7. The monoisotopic (exact) mass is 439 g/mol. The number of nitro groups is 1. The number of non-ortho nitro benzene ring substituents is 1. The Morgan fingerprint density at radius 2 is 1.52 bits per heavy atom. The van der Waals surface area contributed by atoms with Crippen molar-refractivity contribution in [3.63, 3.8) is 0 Å². The van der Waals surface area contributed by atoms with Crippen molar-refractivity contribution in [3.05, 3.63) is 69.8 Å². The van der Waals surface area contributed by atoms with Crippen LogP contribution < -0.4 is 0 Å². The molecule has 0 unspecified atom stereocenters. The predicted octanol–water partition coefficient (Wildman–Crippen LogP) is 1.74. The van der Waals surface area contributed by atoms with Gasteiger partial charge < -0.3 is 0 Å². The maximum Gasteiger partial charge on any atom is 0.269 e. The van der Waals surface area contributed by atoms with Crippen molar-refractivity contribution in [2.75, 3.05) is 26.2 Å². The van der Waals surface area contributed by atoms with Crippen LogP contribution in [0.5, 0.6) is 0 Å². The van der Waals surface area contributed by atoms with Crippen LogP contribution in [-0.4, -0.2) is 56.5 Å². The minimum atomic E-state index is -3.73. The quantitative estimate of drug-likeness (QED) is 0.500. The number of sulfonamides is 2. The van der Waals surface area contributed by atoms with E-state index in [1.165, 1.54) is 45.0 Å². The van der Waals surface area contributed by atoms with E-state index in [1.54, 1.807) is 12.1 Å². The Morgan fingerprint density at radius 3 is 2.10 bits per heavy atom. The van der Waals surface area contributed by atoms with Crippen LogP contribution in [0.1, 0.15) is 11.1 Å². The normalized spacial score (nSPS) is 16.6. The maximum absolute atomic E-state index is 12.7. The highest BCUT2D eigenvalue weighted by molar-refractivity contribution is 7.89. The molecule has 1 fully saturated rings. The summed E-state index contributed by atoms with van der Waals surface area (Å²) in [7, 11) is -7.41. The van der Waals surface area contributed by atoms with Gasteiger partial charge in [-0.3, -0.25) is 10.1 Å². The van der Waals surface area contributed by atoms with Gasteiger partial charge in [0.2, 0.25) is 20.0 Å². The fraction of sp³-hybridized carbons (Fsp3) is 0.333. The third-order valence-electron chi connectivity index (χ3n) is 4.72. The van der Waals surface area contributed by atoms with Crippen LogP contribution >= 0.6 is 0 Å². The lowest BCUT2D eigenvalue weighted by Crippen LogP contribution is -2.50. The molecule has 2 aromatic rings. The van der Waals surface area contributed by atoms with Crippen molar-refractivity contribution in [2.24, 2.45) is 0 Å². The number of nitrogens with zero attached hydrogens (tertiary/aromatic N) is 3. The van der Waals surface area contributed by atoms with E-state index in [-0.39, 0.29) is 42.5 Å². The van der Waals surface area contributed by atoms with Crippen molar-refractivity contribution < 1.29 is 21.8 Å². The van der Waals surface area contributed by atoms with E-state index in [9.17, 15) is 26.9 Å². The van der Waals surface area contributed by atoms with Crippen LogP contribution in [-0.2, 0) is 25.8 Å². The molecule has 11 heteroatoms. The van der Waals surface area contributed by atoms with Gasteiger partial charge in [0, 0.05) is 38.3 Å². The van der Waals surface area contributed by atoms with Gasteiger partial charge in [-0.1, -0.05) is 29.8 Å². The van der Waals surface area contributed by atoms with E-state index >= 15 is 0 Å². The molecular weight excluding hydrogens is 418 g/mol. The van der Waals surface area contributed by atoms with E-state index in [0.717, 1.165) is 5.56 Å². The van der Waals surface area contributed by atoms with Crippen LogP contribution in [0.25, 0.3) is 0 Å². The van der Waals surface area contributed by atoms with Crippen molar-refractivity contribution in [3.8, 4) is 0 Å². The van der Waals surface area contributed by atoms with E-state index in [4.69, 9.17) is 0 Å². The van der Waals surface area contributed by atoms with Gasteiger partial charge in [0.05, 0.1) is 15.6 Å². The highest BCUT2D eigenvalue weighted by Crippen LogP contribution is 2.21. The number of aryl methyl sites for hydroxylation is 1. The molecule has 1 aliphatic rings. The number of benzene rings is 2. The third-order valence-corrected chi connectivity index (χ3v) is 8.48. The van der Waals surface area contributed by atoms with Crippen molar-refractivity contribution in [1.29, 1.82) is 0 Å². The summed E-state index contributed by atoms with van der Waals surface area (Å²) in [5.41, 5.74) is 1.08. The zero-order valence-corrected chi connectivity index (χ0v) is 17.4. The lowest BCUT2D eigenvalue weighted by molar-refractivity contribution is -0.384. The summed E-state index contributed by atoms with van der Waals surface area (Å²) >= 11 is 0. The van der Waals surface area contributed by atoms with Crippen LogP contribution in [0.3, 0.4) is 0 Å². The molecule has 1 heterocycles. The van der Waals surface area contributed by atoms with Crippen molar-refractivity contribution in [1.82, 2.24) is 8.61 Å². The van der Waals surface area contributed by atoms with Crippen molar-refractivity contribution >= 4 is 25.7 Å².